The molecule has 0 fully saturated rings. The first kappa shape index (κ1) is 16.4. The van der Waals surface area contributed by atoms with Gasteiger partial charge in [0, 0.05) is 11.4 Å². The fourth-order valence-electron chi connectivity index (χ4n) is 2.72. The van der Waals surface area contributed by atoms with Gasteiger partial charge >= 0.3 is 0 Å². The van der Waals surface area contributed by atoms with Crippen molar-refractivity contribution in [3.05, 3.63) is 63.7 Å². The zero-order valence-corrected chi connectivity index (χ0v) is 13.9. The van der Waals surface area contributed by atoms with Crippen LogP contribution in [0.1, 0.15) is 34.6 Å². The fraction of sp³-hybridized carbons (Fsp3) is 0.316. The number of rotatable bonds is 5. The van der Waals surface area contributed by atoms with E-state index in [2.05, 4.69) is 25.1 Å². The topological polar surface area (TPSA) is 33.0 Å². The van der Waals surface area contributed by atoms with Gasteiger partial charge in [0.05, 0.1) is 18.6 Å². The third-order valence-corrected chi connectivity index (χ3v) is 4.04. The maximum Gasteiger partial charge on any atom is 0.125 e. The van der Waals surface area contributed by atoms with Crippen molar-refractivity contribution >= 4 is 11.6 Å². The van der Waals surface area contributed by atoms with E-state index in [-0.39, 0.29) is 5.92 Å². The average Bonchev–Trinajstić information content (AvgIpc) is 2.47. The highest BCUT2D eigenvalue weighted by atomic mass is 35.5. The van der Waals surface area contributed by atoms with Crippen LogP contribution in [0, 0.1) is 32.1 Å². The number of hydrogen-bond acceptors (Lipinski definition) is 2. The second kappa shape index (κ2) is 7.33. The molecule has 0 N–H and O–H groups in total. The van der Waals surface area contributed by atoms with Crippen LogP contribution in [-0.4, -0.2) is 6.61 Å². The number of ether oxygens (including phenoxy) is 1. The van der Waals surface area contributed by atoms with E-state index in [1.54, 1.807) is 0 Å². The number of halogens is 1. The van der Waals surface area contributed by atoms with Gasteiger partial charge < -0.3 is 4.74 Å². The Morgan fingerprint density at radius 1 is 1.14 bits per heavy atom. The van der Waals surface area contributed by atoms with Crippen molar-refractivity contribution in [3.8, 4) is 11.8 Å². The summed E-state index contributed by atoms with van der Waals surface area (Å²) in [5.74, 6) is 0.668. The molecule has 0 aromatic heterocycles. The molecule has 0 saturated carbocycles. The van der Waals surface area contributed by atoms with E-state index in [0.717, 1.165) is 22.4 Å². The molecule has 3 heteroatoms. The Bertz CT molecular complexity index is 680. The largest absolute Gasteiger partial charge is 0.493 e. The van der Waals surface area contributed by atoms with Crippen molar-refractivity contribution in [2.75, 3.05) is 6.61 Å². The molecule has 0 bridgehead atoms. The van der Waals surface area contributed by atoms with Crippen molar-refractivity contribution in [1.82, 2.24) is 0 Å². The quantitative estimate of drug-likeness (QED) is 0.746. The third-order valence-electron chi connectivity index (χ3n) is 3.69. The summed E-state index contributed by atoms with van der Waals surface area (Å²) >= 11 is 6.17. The molecule has 0 radical (unpaired) electrons. The van der Waals surface area contributed by atoms with Gasteiger partial charge in [-0.25, -0.2) is 0 Å². The molecule has 2 nitrogen and oxygen atoms in total. The van der Waals surface area contributed by atoms with Crippen LogP contribution in [-0.2, 0) is 0 Å². The Labute approximate surface area is 137 Å². The lowest BCUT2D eigenvalue weighted by Gasteiger charge is -2.15. The van der Waals surface area contributed by atoms with Gasteiger partial charge in [0.25, 0.3) is 0 Å². The van der Waals surface area contributed by atoms with Crippen LogP contribution in [0.4, 0.5) is 0 Å². The number of hydrogen-bond donors (Lipinski definition) is 0. The molecule has 0 heterocycles. The molecule has 2 aromatic rings. The zero-order chi connectivity index (χ0) is 16.1. The summed E-state index contributed by atoms with van der Waals surface area (Å²) in [5.41, 5.74) is 4.36. The Morgan fingerprint density at radius 3 is 2.36 bits per heavy atom. The van der Waals surface area contributed by atoms with E-state index in [1.165, 1.54) is 5.56 Å². The lowest BCUT2D eigenvalue weighted by Crippen LogP contribution is -2.06. The van der Waals surface area contributed by atoms with Gasteiger partial charge in [-0.05, 0) is 43.5 Å². The molecule has 2 rings (SSSR count). The van der Waals surface area contributed by atoms with E-state index in [4.69, 9.17) is 16.3 Å². The predicted molar refractivity (Wildman–Crippen MR) is 90.6 cm³/mol. The Balaban J connectivity index is 2.04. The lowest BCUT2D eigenvalue weighted by molar-refractivity contribution is 0.302. The van der Waals surface area contributed by atoms with Crippen molar-refractivity contribution in [3.63, 3.8) is 0 Å². The van der Waals surface area contributed by atoms with Gasteiger partial charge in [-0.15, -0.1) is 0 Å². The average molecular weight is 314 g/mol. The van der Waals surface area contributed by atoms with E-state index in [9.17, 15) is 5.26 Å². The first-order valence-electron chi connectivity index (χ1n) is 7.37. The molecule has 0 aliphatic rings. The summed E-state index contributed by atoms with van der Waals surface area (Å²) in [4.78, 5) is 0. The highest BCUT2D eigenvalue weighted by Crippen LogP contribution is 2.28. The first-order valence-corrected chi connectivity index (χ1v) is 7.75. The smallest absolute Gasteiger partial charge is 0.125 e. The second-order valence-electron chi connectivity index (χ2n) is 5.57. The van der Waals surface area contributed by atoms with Crippen LogP contribution in [0.5, 0.6) is 5.75 Å². The summed E-state index contributed by atoms with van der Waals surface area (Å²) in [7, 11) is 0. The van der Waals surface area contributed by atoms with Crippen molar-refractivity contribution in [1.29, 1.82) is 5.26 Å². The molecule has 0 aliphatic heterocycles. The van der Waals surface area contributed by atoms with Crippen molar-refractivity contribution in [2.45, 2.75) is 33.1 Å². The van der Waals surface area contributed by atoms with Crippen LogP contribution in [0.3, 0.4) is 0 Å². The van der Waals surface area contributed by atoms with E-state index >= 15 is 0 Å². The van der Waals surface area contributed by atoms with E-state index < -0.39 is 0 Å². The monoisotopic (exact) mass is 313 g/mol. The molecule has 0 saturated heterocycles. The summed E-state index contributed by atoms with van der Waals surface area (Å²) < 4.78 is 5.92. The number of benzene rings is 2. The van der Waals surface area contributed by atoms with Crippen molar-refractivity contribution < 1.29 is 4.74 Å². The van der Waals surface area contributed by atoms with Gasteiger partial charge in [-0.3, -0.25) is 0 Å². The summed E-state index contributed by atoms with van der Waals surface area (Å²) in [6.07, 6.45) is 0.618. The maximum atomic E-state index is 9.38. The summed E-state index contributed by atoms with van der Waals surface area (Å²) in [5, 5.41) is 10.0. The highest BCUT2D eigenvalue weighted by Gasteiger charge is 2.14. The minimum atomic E-state index is -0.250. The Morgan fingerprint density at radius 2 is 1.77 bits per heavy atom. The minimum absolute atomic E-state index is 0.250. The molecule has 2 aromatic carbocycles. The summed E-state index contributed by atoms with van der Waals surface area (Å²) in [6, 6.07) is 14.0. The summed E-state index contributed by atoms with van der Waals surface area (Å²) in [6.45, 7) is 6.66. The molecule has 22 heavy (non-hydrogen) atoms. The minimum Gasteiger partial charge on any atom is -0.493 e. The van der Waals surface area contributed by atoms with Crippen LogP contribution < -0.4 is 4.74 Å². The molecule has 0 amide bonds. The molecule has 1 atom stereocenters. The Hall–Kier alpha value is -1.98. The third kappa shape index (κ3) is 3.81. The predicted octanol–water partition coefficient (Wildman–Crippen LogP) is 5.34. The molecule has 0 spiro atoms. The van der Waals surface area contributed by atoms with Crippen LogP contribution in [0.25, 0.3) is 0 Å². The molecule has 1 unspecified atom stereocenters. The number of nitrogens with zero attached hydrogens (tertiary/aromatic N) is 1. The Kier molecular flexibility index (Phi) is 5.46. The molecule has 0 aliphatic carbocycles. The standard InChI is InChI=1S/C19H20ClNO/c1-13-10-14(2)19(15(3)11-13)22-9-8-16(12-21)17-6-4-5-7-18(17)20/h4-7,10-11,16H,8-9H2,1-3H3. The van der Waals surface area contributed by atoms with Gasteiger partial charge in [0.1, 0.15) is 5.75 Å². The molecular weight excluding hydrogens is 294 g/mol. The van der Waals surface area contributed by atoms with Gasteiger partial charge in [-0.2, -0.15) is 5.26 Å². The number of aryl methyl sites for hydroxylation is 3. The van der Waals surface area contributed by atoms with Crippen molar-refractivity contribution in [2.24, 2.45) is 0 Å². The van der Waals surface area contributed by atoms with E-state index in [0.29, 0.717) is 18.1 Å². The second-order valence-corrected chi connectivity index (χ2v) is 5.98. The fourth-order valence-corrected chi connectivity index (χ4v) is 2.99. The van der Waals surface area contributed by atoms with Gasteiger partial charge in [0.2, 0.25) is 0 Å². The SMILES string of the molecule is Cc1cc(C)c(OCCC(C#N)c2ccccc2Cl)c(C)c1. The molecule has 114 valence electrons. The van der Waals surface area contributed by atoms with Gasteiger partial charge in [0.15, 0.2) is 0 Å². The van der Waals surface area contributed by atoms with Crippen LogP contribution >= 0.6 is 11.6 Å². The molecular formula is C19H20ClNO. The zero-order valence-electron chi connectivity index (χ0n) is 13.2. The van der Waals surface area contributed by atoms with Gasteiger partial charge in [-0.1, -0.05) is 47.5 Å². The maximum absolute atomic E-state index is 9.38. The first-order chi connectivity index (χ1) is 10.5. The van der Waals surface area contributed by atoms with Crippen LogP contribution in [0.15, 0.2) is 36.4 Å². The lowest BCUT2D eigenvalue weighted by atomic mass is 9.97. The highest BCUT2D eigenvalue weighted by molar-refractivity contribution is 6.31. The van der Waals surface area contributed by atoms with E-state index in [1.807, 2.05) is 38.1 Å². The number of nitriles is 1. The van der Waals surface area contributed by atoms with Crippen LogP contribution in [0.2, 0.25) is 5.02 Å². The normalized spacial score (nSPS) is 11.8.